The molecule has 0 fully saturated rings. The lowest BCUT2D eigenvalue weighted by Gasteiger charge is -2.26. The number of anilines is 1. The average molecular weight is 516 g/mol. The first-order valence-corrected chi connectivity index (χ1v) is 12.8. The van der Waals surface area contributed by atoms with Gasteiger partial charge < -0.3 is 31.8 Å². The largest absolute Gasteiger partial charge is 0.423 e. The first kappa shape index (κ1) is 30.0. The minimum absolute atomic E-state index is 0.0901. The molecule has 1 aromatic heterocycles. The first-order valence-electron chi connectivity index (χ1n) is 12.8. The molecule has 204 valence electrons. The van der Waals surface area contributed by atoms with Gasteiger partial charge in [0.1, 0.15) is 17.7 Å². The van der Waals surface area contributed by atoms with Crippen molar-refractivity contribution in [2.24, 2.45) is 23.3 Å². The number of carbonyl (C=O) groups excluding carboxylic acids is 3. The quantitative estimate of drug-likeness (QED) is 0.201. The standard InChI is InChI=1S/C27H41N5O5/c1-15(2)12-21(32-27(36)24(29)16(3)4)26(35)31-20(8-6-7-11-28)25(34)30-18-9-10-19-17(5)13-23(33)37-22(19)14-18/h9-10,13-16,20-21,24H,6-8,11-12,28-29H2,1-5H3,(H,30,34)(H,31,35)(H,32,36)/t20-,21-,24-/m0/s1. The third-order valence-electron chi connectivity index (χ3n) is 6.16. The Morgan fingerprint density at radius 3 is 2.24 bits per heavy atom. The number of amides is 3. The summed E-state index contributed by atoms with van der Waals surface area (Å²) in [6, 6.07) is 4.02. The fraction of sp³-hybridized carbons (Fsp3) is 0.556. The minimum Gasteiger partial charge on any atom is -0.423 e. The molecule has 3 atom stereocenters. The van der Waals surface area contributed by atoms with E-state index in [9.17, 15) is 19.2 Å². The zero-order valence-corrected chi connectivity index (χ0v) is 22.4. The molecule has 0 bridgehead atoms. The van der Waals surface area contributed by atoms with Crippen molar-refractivity contribution in [1.82, 2.24) is 10.6 Å². The Hall–Kier alpha value is -3.24. The van der Waals surface area contributed by atoms with Crippen molar-refractivity contribution in [2.45, 2.75) is 78.4 Å². The van der Waals surface area contributed by atoms with Crippen molar-refractivity contribution in [3.05, 3.63) is 40.2 Å². The van der Waals surface area contributed by atoms with Crippen LogP contribution < -0.4 is 33.0 Å². The van der Waals surface area contributed by atoms with Crippen LogP contribution in [0.25, 0.3) is 11.0 Å². The fourth-order valence-corrected chi connectivity index (χ4v) is 3.94. The van der Waals surface area contributed by atoms with Gasteiger partial charge in [0, 0.05) is 23.2 Å². The Kier molecular flexibility index (Phi) is 11.3. The monoisotopic (exact) mass is 515 g/mol. The Bertz CT molecular complexity index is 1140. The van der Waals surface area contributed by atoms with Crippen molar-refractivity contribution in [3.8, 4) is 0 Å². The molecular weight excluding hydrogens is 474 g/mol. The van der Waals surface area contributed by atoms with E-state index >= 15 is 0 Å². The number of rotatable bonds is 13. The summed E-state index contributed by atoms with van der Waals surface area (Å²) in [6.45, 7) is 9.82. The van der Waals surface area contributed by atoms with Gasteiger partial charge in [-0.2, -0.15) is 0 Å². The SMILES string of the molecule is Cc1cc(=O)oc2cc(NC(=O)[C@H](CCCCN)NC(=O)[C@H](CC(C)C)NC(=O)[C@@H](N)C(C)C)ccc12. The first-order chi connectivity index (χ1) is 17.4. The predicted octanol–water partition coefficient (Wildman–Crippen LogP) is 2.17. The van der Waals surface area contributed by atoms with Gasteiger partial charge in [-0.3, -0.25) is 14.4 Å². The highest BCUT2D eigenvalue weighted by Crippen LogP contribution is 2.21. The maximum absolute atomic E-state index is 13.2. The molecule has 1 heterocycles. The molecule has 7 N–H and O–H groups in total. The Morgan fingerprint density at radius 1 is 0.946 bits per heavy atom. The number of nitrogens with one attached hydrogen (secondary N) is 3. The van der Waals surface area contributed by atoms with Gasteiger partial charge in [-0.15, -0.1) is 0 Å². The third-order valence-corrected chi connectivity index (χ3v) is 6.16. The van der Waals surface area contributed by atoms with E-state index in [4.69, 9.17) is 15.9 Å². The summed E-state index contributed by atoms with van der Waals surface area (Å²) in [4.78, 5) is 50.8. The van der Waals surface area contributed by atoms with Crippen LogP contribution in [0.15, 0.2) is 33.5 Å². The molecule has 2 rings (SSSR count). The molecule has 0 saturated carbocycles. The highest BCUT2D eigenvalue weighted by molar-refractivity contribution is 5.99. The molecule has 0 aliphatic carbocycles. The second-order valence-corrected chi connectivity index (χ2v) is 10.3. The van der Waals surface area contributed by atoms with E-state index in [1.807, 2.05) is 27.7 Å². The van der Waals surface area contributed by atoms with E-state index in [-0.39, 0.29) is 11.8 Å². The van der Waals surface area contributed by atoms with E-state index in [2.05, 4.69) is 16.0 Å². The van der Waals surface area contributed by atoms with E-state index in [1.165, 1.54) is 6.07 Å². The van der Waals surface area contributed by atoms with Crippen molar-refractivity contribution in [1.29, 1.82) is 0 Å². The van der Waals surface area contributed by atoms with Crippen LogP contribution in [0, 0.1) is 18.8 Å². The van der Waals surface area contributed by atoms with Gasteiger partial charge in [-0.05, 0) is 68.7 Å². The summed E-state index contributed by atoms with van der Waals surface area (Å²) < 4.78 is 5.27. The van der Waals surface area contributed by atoms with Crippen LogP contribution in [0.1, 0.15) is 58.9 Å². The number of unbranched alkanes of at least 4 members (excludes halogenated alkanes) is 1. The highest BCUT2D eigenvalue weighted by atomic mass is 16.4. The molecule has 10 nitrogen and oxygen atoms in total. The summed E-state index contributed by atoms with van der Waals surface area (Å²) in [5.41, 5.74) is 12.7. The van der Waals surface area contributed by atoms with Gasteiger partial charge in [0.15, 0.2) is 0 Å². The van der Waals surface area contributed by atoms with E-state index < -0.39 is 41.5 Å². The van der Waals surface area contributed by atoms with Crippen LogP contribution in [0.4, 0.5) is 5.69 Å². The summed E-state index contributed by atoms with van der Waals surface area (Å²) in [5, 5.41) is 9.13. The zero-order chi connectivity index (χ0) is 27.7. The topological polar surface area (TPSA) is 170 Å². The molecule has 1 aromatic carbocycles. The molecule has 10 heteroatoms. The van der Waals surface area contributed by atoms with Crippen molar-refractivity contribution >= 4 is 34.4 Å². The number of nitrogens with two attached hydrogens (primary N) is 2. The van der Waals surface area contributed by atoms with Crippen LogP contribution in [0.3, 0.4) is 0 Å². The number of fused-ring (bicyclic) bond motifs is 1. The maximum atomic E-state index is 13.2. The van der Waals surface area contributed by atoms with E-state index in [0.29, 0.717) is 43.5 Å². The minimum atomic E-state index is -0.857. The van der Waals surface area contributed by atoms with E-state index in [1.54, 1.807) is 25.1 Å². The number of carbonyl (C=O) groups is 3. The number of benzene rings is 1. The molecule has 0 radical (unpaired) electrons. The van der Waals surface area contributed by atoms with Gasteiger partial charge in [0.05, 0.1) is 6.04 Å². The van der Waals surface area contributed by atoms with Crippen molar-refractivity contribution in [2.75, 3.05) is 11.9 Å². The summed E-state index contributed by atoms with van der Waals surface area (Å²) in [6.07, 6.45) is 2.07. The van der Waals surface area contributed by atoms with Crippen molar-refractivity contribution < 1.29 is 18.8 Å². The fourth-order valence-electron chi connectivity index (χ4n) is 3.94. The van der Waals surface area contributed by atoms with Gasteiger partial charge in [-0.1, -0.05) is 27.7 Å². The second kappa shape index (κ2) is 13.9. The van der Waals surface area contributed by atoms with Crippen molar-refractivity contribution in [3.63, 3.8) is 0 Å². The molecule has 2 aromatic rings. The normalized spacial score (nSPS) is 13.9. The highest BCUT2D eigenvalue weighted by Gasteiger charge is 2.29. The Morgan fingerprint density at radius 2 is 1.62 bits per heavy atom. The second-order valence-electron chi connectivity index (χ2n) is 10.3. The van der Waals surface area contributed by atoms with Crippen LogP contribution in [-0.2, 0) is 14.4 Å². The number of hydrogen-bond acceptors (Lipinski definition) is 7. The van der Waals surface area contributed by atoms with E-state index in [0.717, 1.165) is 10.9 Å². The van der Waals surface area contributed by atoms with Crippen LogP contribution >= 0.6 is 0 Å². The molecule has 0 aliphatic rings. The van der Waals surface area contributed by atoms with Crippen LogP contribution in [0.2, 0.25) is 0 Å². The van der Waals surface area contributed by atoms with Crippen LogP contribution in [-0.4, -0.2) is 42.4 Å². The van der Waals surface area contributed by atoms with Gasteiger partial charge in [0.2, 0.25) is 17.7 Å². The molecule has 0 saturated heterocycles. The summed E-state index contributed by atoms with van der Waals surface area (Å²) >= 11 is 0. The Labute approximate surface area is 217 Å². The van der Waals surface area contributed by atoms with Gasteiger partial charge in [0.25, 0.3) is 0 Å². The molecular formula is C27H41N5O5. The maximum Gasteiger partial charge on any atom is 0.336 e. The zero-order valence-electron chi connectivity index (χ0n) is 22.4. The number of aryl methyl sites for hydroxylation is 1. The predicted molar refractivity (Wildman–Crippen MR) is 145 cm³/mol. The number of hydrogen-bond donors (Lipinski definition) is 5. The molecule has 0 unspecified atom stereocenters. The van der Waals surface area contributed by atoms with Gasteiger partial charge >= 0.3 is 5.63 Å². The molecule has 37 heavy (non-hydrogen) atoms. The third kappa shape index (κ3) is 8.98. The lowest BCUT2D eigenvalue weighted by molar-refractivity contribution is -0.132. The smallest absolute Gasteiger partial charge is 0.336 e. The summed E-state index contributed by atoms with van der Waals surface area (Å²) in [7, 11) is 0. The van der Waals surface area contributed by atoms with Gasteiger partial charge in [-0.25, -0.2) is 4.79 Å². The lowest BCUT2D eigenvalue weighted by Crippen LogP contribution is -2.56. The molecule has 0 aliphatic heterocycles. The van der Waals surface area contributed by atoms with Crippen LogP contribution in [0.5, 0.6) is 0 Å². The summed E-state index contributed by atoms with van der Waals surface area (Å²) in [5.74, 6) is -1.26. The average Bonchev–Trinajstić information content (AvgIpc) is 2.81. The molecule has 3 amide bonds. The lowest BCUT2D eigenvalue weighted by atomic mass is 9.99. The Balaban J connectivity index is 2.22. The molecule has 0 spiro atoms.